The van der Waals surface area contributed by atoms with Crippen LogP contribution in [0.1, 0.15) is 40.5 Å². The molecule has 1 saturated carbocycles. The molecule has 0 unspecified atom stereocenters. The van der Waals surface area contributed by atoms with Gasteiger partial charge in [0.15, 0.2) is 10.8 Å². The van der Waals surface area contributed by atoms with Gasteiger partial charge < -0.3 is 0 Å². The van der Waals surface area contributed by atoms with Gasteiger partial charge in [-0.25, -0.2) is 9.97 Å². The van der Waals surface area contributed by atoms with Gasteiger partial charge in [-0.05, 0) is 25.8 Å². The Bertz CT molecular complexity index is 864. The molecule has 0 aromatic carbocycles. The van der Waals surface area contributed by atoms with Crippen LogP contribution in [0.2, 0.25) is 0 Å². The molecule has 22 heavy (non-hydrogen) atoms. The molecule has 6 nitrogen and oxygen atoms in total. The van der Waals surface area contributed by atoms with Crippen molar-refractivity contribution in [3.63, 3.8) is 0 Å². The van der Waals surface area contributed by atoms with Gasteiger partial charge in [0.1, 0.15) is 0 Å². The number of carbonyl (C=O) groups is 1. The summed E-state index contributed by atoms with van der Waals surface area (Å²) in [6.45, 7) is 1.90. The number of thiazole rings is 1. The first-order valence-electron chi connectivity index (χ1n) is 7.18. The van der Waals surface area contributed by atoms with Gasteiger partial charge in [-0.2, -0.15) is 5.10 Å². The van der Waals surface area contributed by atoms with Crippen molar-refractivity contribution in [2.24, 2.45) is 7.05 Å². The summed E-state index contributed by atoms with van der Waals surface area (Å²) in [5.41, 5.74) is 3.20. The van der Waals surface area contributed by atoms with E-state index in [0.29, 0.717) is 16.6 Å². The summed E-state index contributed by atoms with van der Waals surface area (Å²) in [6, 6.07) is 1.91. The predicted octanol–water partition coefficient (Wildman–Crippen LogP) is 2.86. The van der Waals surface area contributed by atoms with Gasteiger partial charge in [0.25, 0.3) is 5.91 Å². The molecular weight excluding hydrogens is 298 g/mol. The molecule has 3 heterocycles. The Morgan fingerprint density at radius 3 is 2.95 bits per heavy atom. The van der Waals surface area contributed by atoms with E-state index in [1.807, 2.05) is 25.4 Å². The number of rotatable bonds is 3. The summed E-state index contributed by atoms with van der Waals surface area (Å²) < 4.78 is 1.75. The maximum absolute atomic E-state index is 12.7. The second kappa shape index (κ2) is 4.88. The molecular formula is C15H15N5OS. The molecule has 112 valence electrons. The zero-order valence-electron chi connectivity index (χ0n) is 12.3. The first-order chi connectivity index (χ1) is 10.6. The Kier molecular flexibility index (Phi) is 2.97. The Hall–Kier alpha value is -2.28. The lowest BCUT2D eigenvalue weighted by Crippen LogP contribution is -2.13. The van der Waals surface area contributed by atoms with E-state index >= 15 is 0 Å². The maximum atomic E-state index is 12.7. The summed E-state index contributed by atoms with van der Waals surface area (Å²) in [5.74, 6) is 0.325. The number of amides is 1. The highest BCUT2D eigenvalue weighted by Gasteiger charge is 2.28. The van der Waals surface area contributed by atoms with E-state index in [2.05, 4.69) is 15.4 Å². The van der Waals surface area contributed by atoms with Crippen molar-refractivity contribution in [1.29, 1.82) is 0 Å². The highest BCUT2D eigenvalue weighted by atomic mass is 32.1. The van der Waals surface area contributed by atoms with E-state index in [1.54, 1.807) is 10.9 Å². The highest BCUT2D eigenvalue weighted by molar-refractivity contribution is 7.13. The van der Waals surface area contributed by atoms with E-state index in [1.165, 1.54) is 11.3 Å². The number of pyridine rings is 1. The van der Waals surface area contributed by atoms with Crippen LogP contribution in [0.25, 0.3) is 11.0 Å². The molecule has 0 radical (unpaired) electrons. The number of nitrogens with zero attached hydrogens (tertiary/aromatic N) is 4. The van der Waals surface area contributed by atoms with E-state index in [0.717, 1.165) is 35.3 Å². The molecule has 1 aliphatic rings. The van der Waals surface area contributed by atoms with Crippen LogP contribution in [0.4, 0.5) is 5.13 Å². The third-order valence-electron chi connectivity index (χ3n) is 3.88. The smallest absolute Gasteiger partial charge is 0.258 e. The standard InChI is InChI=1S/C15H15N5OS/c1-8-12-10(14(21)18-15-16-5-6-22-15)7-11(9-3-4-9)17-13(12)20(2)19-8/h5-7,9H,3-4H2,1-2H3,(H,16,18,21). The van der Waals surface area contributed by atoms with Crippen LogP contribution in [0.15, 0.2) is 17.6 Å². The molecule has 3 aromatic heterocycles. The largest absolute Gasteiger partial charge is 0.298 e. The molecule has 0 bridgehead atoms. The normalized spacial score (nSPS) is 14.5. The van der Waals surface area contributed by atoms with Crippen molar-refractivity contribution >= 4 is 33.4 Å². The van der Waals surface area contributed by atoms with E-state index in [9.17, 15) is 4.79 Å². The number of nitrogens with one attached hydrogen (secondary N) is 1. The number of hydrogen-bond donors (Lipinski definition) is 1. The minimum Gasteiger partial charge on any atom is -0.298 e. The number of fused-ring (bicyclic) bond motifs is 1. The van der Waals surface area contributed by atoms with Gasteiger partial charge in [0.05, 0.1) is 16.6 Å². The van der Waals surface area contributed by atoms with Crippen LogP contribution in [-0.4, -0.2) is 25.7 Å². The Morgan fingerprint density at radius 1 is 1.45 bits per heavy atom. The van der Waals surface area contributed by atoms with E-state index in [4.69, 9.17) is 4.98 Å². The van der Waals surface area contributed by atoms with Gasteiger partial charge in [-0.1, -0.05) is 0 Å². The van der Waals surface area contributed by atoms with Gasteiger partial charge in [-0.15, -0.1) is 11.3 Å². The predicted molar refractivity (Wildman–Crippen MR) is 85.3 cm³/mol. The topological polar surface area (TPSA) is 72.7 Å². The van der Waals surface area contributed by atoms with Crippen LogP contribution in [0.5, 0.6) is 0 Å². The number of anilines is 1. The summed E-state index contributed by atoms with van der Waals surface area (Å²) in [7, 11) is 1.86. The lowest BCUT2D eigenvalue weighted by atomic mass is 10.1. The fraction of sp³-hybridized carbons (Fsp3) is 0.333. The summed E-state index contributed by atoms with van der Waals surface area (Å²) >= 11 is 1.40. The average Bonchev–Trinajstić information content (AvgIpc) is 3.16. The SMILES string of the molecule is Cc1nn(C)c2nc(C3CC3)cc(C(=O)Nc3nccs3)c12. The first-order valence-corrected chi connectivity index (χ1v) is 8.06. The molecule has 7 heteroatoms. The number of hydrogen-bond acceptors (Lipinski definition) is 5. The summed E-state index contributed by atoms with van der Waals surface area (Å²) in [6.07, 6.45) is 3.96. The van der Waals surface area contributed by atoms with Crippen molar-refractivity contribution in [2.45, 2.75) is 25.7 Å². The van der Waals surface area contributed by atoms with E-state index in [-0.39, 0.29) is 5.91 Å². The quantitative estimate of drug-likeness (QED) is 0.807. The van der Waals surface area contributed by atoms with Gasteiger partial charge in [0, 0.05) is 30.2 Å². The second-order valence-corrected chi connectivity index (χ2v) is 6.46. The minimum atomic E-state index is -0.152. The molecule has 0 spiro atoms. The van der Waals surface area contributed by atoms with Crippen molar-refractivity contribution in [2.75, 3.05) is 5.32 Å². The monoisotopic (exact) mass is 313 g/mol. The molecule has 4 rings (SSSR count). The zero-order valence-corrected chi connectivity index (χ0v) is 13.1. The molecule has 0 saturated heterocycles. The third-order valence-corrected chi connectivity index (χ3v) is 4.57. The van der Waals surface area contributed by atoms with Gasteiger partial charge >= 0.3 is 0 Å². The number of carbonyl (C=O) groups excluding carboxylic acids is 1. The van der Waals surface area contributed by atoms with Crippen molar-refractivity contribution in [1.82, 2.24) is 19.7 Å². The van der Waals surface area contributed by atoms with E-state index < -0.39 is 0 Å². The lowest BCUT2D eigenvalue weighted by Gasteiger charge is -2.07. The summed E-state index contributed by atoms with van der Waals surface area (Å²) in [5, 5.41) is 10.5. The van der Waals surface area contributed by atoms with Crippen molar-refractivity contribution in [3.8, 4) is 0 Å². The van der Waals surface area contributed by atoms with Crippen LogP contribution in [0.3, 0.4) is 0 Å². The fourth-order valence-corrected chi connectivity index (χ4v) is 3.21. The number of aromatic nitrogens is 4. The molecule has 3 aromatic rings. The Balaban J connectivity index is 1.85. The molecule has 1 fully saturated rings. The van der Waals surface area contributed by atoms with Crippen LogP contribution in [0, 0.1) is 6.92 Å². The molecule has 1 aliphatic carbocycles. The van der Waals surface area contributed by atoms with Crippen LogP contribution >= 0.6 is 11.3 Å². The van der Waals surface area contributed by atoms with Crippen LogP contribution in [-0.2, 0) is 7.05 Å². The van der Waals surface area contributed by atoms with Gasteiger partial charge in [-0.3, -0.25) is 14.8 Å². The second-order valence-electron chi connectivity index (χ2n) is 5.57. The van der Waals surface area contributed by atoms with Crippen LogP contribution < -0.4 is 5.32 Å². The maximum Gasteiger partial charge on any atom is 0.258 e. The third kappa shape index (κ3) is 2.18. The Labute approximate surface area is 131 Å². The van der Waals surface area contributed by atoms with Crippen molar-refractivity contribution in [3.05, 3.63) is 34.6 Å². The molecule has 0 atom stereocenters. The molecule has 0 aliphatic heterocycles. The highest BCUT2D eigenvalue weighted by Crippen LogP contribution is 2.40. The lowest BCUT2D eigenvalue weighted by molar-refractivity contribution is 0.102. The summed E-state index contributed by atoms with van der Waals surface area (Å²) in [4.78, 5) is 21.5. The Morgan fingerprint density at radius 2 is 2.27 bits per heavy atom. The van der Waals surface area contributed by atoms with Gasteiger partial charge in [0.2, 0.25) is 0 Å². The zero-order chi connectivity index (χ0) is 15.3. The fourth-order valence-electron chi connectivity index (χ4n) is 2.68. The van der Waals surface area contributed by atoms with Crippen molar-refractivity contribution < 1.29 is 4.79 Å². The first kappa shape index (κ1) is 13.4. The minimum absolute atomic E-state index is 0.152. The molecule has 1 amide bonds. The average molecular weight is 313 g/mol. The molecule has 1 N–H and O–H groups in total. The number of aryl methyl sites for hydroxylation is 2.